The quantitative estimate of drug-likeness (QED) is 0.335. The highest BCUT2D eigenvalue weighted by atomic mass is 19.3. The predicted octanol–water partition coefficient (Wildman–Crippen LogP) is 5.04. The van der Waals surface area contributed by atoms with Crippen LogP contribution in [0.2, 0.25) is 0 Å². The maximum atomic E-state index is 13.0. The largest absolute Gasteiger partial charge is 0.497 e. The summed E-state index contributed by atoms with van der Waals surface area (Å²) in [5, 5.41) is 14.4. The van der Waals surface area contributed by atoms with Crippen molar-refractivity contribution in [3.8, 4) is 11.5 Å². The predicted molar refractivity (Wildman–Crippen MR) is 131 cm³/mol. The Kier molecular flexibility index (Phi) is 5.06. The summed E-state index contributed by atoms with van der Waals surface area (Å²) < 4.78 is 35.9. The molecule has 0 saturated heterocycles. The Morgan fingerprint density at radius 1 is 1.22 bits per heavy atom. The fraction of sp³-hybridized carbons (Fsp3) is 0.269. The standard InChI is InChI=1S/C26H23F2N5O3/c1-13-7-21(22(11-29-13)36-12-23(27)28)30-24-16-5-3-14(8-20(16)32-33-24)18-10-26(18)17-9-15(35-2)4-6-19(17)31-25(26)34/h3-9,11,18,23H,10,12H2,1-2H3,(H,31,34)(H2,29,30,32,33)/t18-,26-/m0/s1. The molecule has 2 aliphatic rings. The van der Waals surface area contributed by atoms with E-state index in [2.05, 4.69) is 25.8 Å². The van der Waals surface area contributed by atoms with Gasteiger partial charge in [0.2, 0.25) is 5.91 Å². The van der Waals surface area contributed by atoms with Gasteiger partial charge in [-0.15, -0.1) is 0 Å². The zero-order chi connectivity index (χ0) is 25.0. The van der Waals surface area contributed by atoms with Gasteiger partial charge in [-0.1, -0.05) is 6.07 Å². The Bertz CT molecular complexity index is 1500. The van der Waals surface area contributed by atoms with Crippen molar-refractivity contribution < 1.29 is 23.0 Å². The van der Waals surface area contributed by atoms with Crippen LogP contribution in [-0.4, -0.2) is 41.2 Å². The molecule has 36 heavy (non-hydrogen) atoms. The SMILES string of the molecule is COc1ccc2c(c1)[C@]1(C[C@H]1c1ccc3c(Nc4cc(C)ncc4OCC(F)F)n[nH]c3c1)C(=O)N2. The second kappa shape index (κ2) is 8.18. The Morgan fingerprint density at radius 3 is 2.89 bits per heavy atom. The number of hydrogen-bond donors (Lipinski definition) is 3. The number of halogens is 2. The molecular weight excluding hydrogens is 468 g/mol. The van der Waals surface area contributed by atoms with Gasteiger partial charge in [0.1, 0.15) is 12.4 Å². The summed E-state index contributed by atoms with van der Waals surface area (Å²) in [6, 6.07) is 13.3. The number of nitrogens with zero attached hydrogens (tertiary/aromatic N) is 2. The molecule has 0 bridgehead atoms. The first-order valence-electron chi connectivity index (χ1n) is 11.5. The summed E-state index contributed by atoms with van der Waals surface area (Å²) in [4.78, 5) is 17.1. The number of H-pyrrole nitrogens is 1. The molecule has 2 aromatic carbocycles. The van der Waals surface area contributed by atoms with Crippen molar-refractivity contribution in [1.29, 1.82) is 0 Å². The van der Waals surface area contributed by atoms with Crippen LogP contribution in [0.25, 0.3) is 10.9 Å². The average molecular weight is 491 g/mol. The van der Waals surface area contributed by atoms with E-state index in [1.54, 1.807) is 20.1 Å². The van der Waals surface area contributed by atoms with Crippen molar-refractivity contribution in [2.75, 3.05) is 24.4 Å². The number of hydrogen-bond acceptors (Lipinski definition) is 6. The third kappa shape index (κ3) is 3.52. The van der Waals surface area contributed by atoms with Gasteiger partial charge in [-0.05, 0) is 60.9 Å². The lowest BCUT2D eigenvalue weighted by Crippen LogP contribution is -2.21. The zero-order valence-corrected chi connectivity index (χ0v) is 19.6. The molecule has 3 heterocycles. The molecule has 4 aromatic rings. The summed E-state index contributed by atoms with van der Waals surface area (Å²) >= 11 is 0. The van der Waals surface area contributed by atoms with Crippen LogP contribution in [0.1, 0.15) is 29.2 Å². The molecule has 6 rings (SSSR count). The van der Waals surface area contributed by atoms with E-state index in [-0.39, 0.29) is 17.6 Å². The first-order chi connectivity index (χ1) is 17.4. The smallest absolute Gasteiger partial charge is 0.272 e. The summed E-state index contributed by atoms with van der Waals surface area (Å²) in [6.07, 6.45) is -0.464. The minimum atomic E-state index is -2.59. The van der Waals surface area contributed by atoms with E-state index in [0.717, 1.165) is 33.5 Å². The summed E-state index contributed by atoms with van der Waals surface area (Å²) in [5.74, 6) is 1.51. The van der Waals surface area contributed by atoms with Crippen LogP contribution in [0.3, 0.4) is 0 Å². The molecule has 3 N–H and O–H groups in total. The van der Waals surface area contributed by atoms with E-state index >= 15 is 0 Å². The normalized spacial score (nSPS) is 20.0. The average Bonchev–Trinajstić information content (AvgIpc) is 3.42. The highest BCUT2D eigenvalue weighted by molar-refractivity contribution is 6.10. The Balaban J connectivity index is 1.29. The lowest BCUT2D eigenvalue weighted by Gasteiger charge is -2.12. The number of alkyl halides is 2. The fourth-order valence-corrected chi connectivity index (χ4v) is 5.09. The second-order valence-electron chi connectivity index (χ2n) is 9.12. The number of amides is 1. The summed E-state index contributed by atoms with van der Waals surface area (Å²) in [5.41, 5.74) is 4.23. The molecule has 1 aliphatic carbocycles. The van der Waals surface area contributed by atoms with Crippen LogP contribution >= 0.6 is 0 Å². The van der Waals surface area contributed by atoms with E-state index in [1.165, 1.54) is 6.20 Å². The number of carbonyl (C=O) groups is 1. The van der Waals surface area contributed by atoms with Gasteiger partial charge in [0, 0.05) is 22.7 Å². The molecule has 0 radical (unpaired) electrons. The number of ether oxygens (including phenoxy) is 2. The maximum absolute atomic E-state index is 13.0. The first kappa shape index (κ1) is 22.3. The first-order valence-corrected chi connectivity index (χ1v) is 11.5. The number of carbonyl (C=O) groups excluding carboxylic acids is 1. The number of fused-ring (bicyclic) bond motifs is 3. The number of rotatable bonds is 7. The van der Waals surface area contributed by atoms with Gasteiger partial charge in [-0.2, -0.15) is 5.10 Å². The van der Waals surface area contributed by atoms with Crippen molar-refractivity contribution in [1.82, 2.24) is 15.2 Å². The van der Waals surface area contributed by atoms with E-state index < -0.39 is 18.4 Å². The maximum Gasteiger partial charge on any atom is 0.272 e. The van der Waals surface area contributed by atoms with Crippen molar-refractivity contribution in [2.45, 2.75) is 31.1 Å². The fourth-order valence-electron chi connectivity index (χ4n) is 5.09. The third-order valence-electron chi connectivity index (χ3n) is 6.93. The molecule has 8 nitrogen and oxygen atoms in total. The summed E-state index contributed by atoms with van der Waals surface area (Å²) in [6.45, 7) is 1.07. The van der Waals surface area contributed by atoms with Crippen molar-refractivity contribution >= 4 is 34.0 Å². The lowest BCUT2D eigenvalue weighted by atomic mass is 9.91. The van der Waals surface area contributed by atoms with Crippen LogP contribution in [-0.2, 0) is 10.2 Å². The van der Waals surface area contributed by atoms with Gasteiger partial charge in [-0.3, -0.25) is 14.9 Å². The minimum Gasteiger partial charge on any atom is -0.497 e. The van der Waals surface area contributed by atoms with Gasteiger partial charge in [0.25, 0.3) is 6.43 Å². The van der Waals surface area contributed by atoms with Crippen LogP contribution in [0.4, 0.5) is 26.0 Å². The Hall–Kier alpha value is -4.21. The molecule has 2 aromatic heterocycles. The van der Waals surface area contributed by atoms with E-state index in [9.17, 15) is 13.6 Å². The molecule has 1 aliphatic heterocycles. The number of aryl methyl sites for hydroxylation is 1. The number of aromatic nitrogens is 3. The molecular formula is C26H23F2N5O3. The topological polar surface area (TPSA) is 101 Å². The number of nitrogens with one attached hydrogen (secondary N) is 3. The highest BCUT2D eigenvalue weighted by Crippen LogP contribution is 2.65. The molecule has 1 fully saturated rings. The van der Waals surface area contributed by atoms with Crippen LogP contribution in [0.15, 0.2) is 48.7 Å². The highest BCUT2D eigenvalue weighted by Gasteiger charge is 2.65. The number of pyridine rings is 1. The van der Waals surface area contributed by atoms with Gasteiger partial charge in [-0.25, -0.2) is 8.78 Å². The van der Waals surface area contributed by atoms with Crippen LogP contribution in [0.5, 0.6) is 11.5 Å². The number of aromatic amines is 1. The van der Waals surface area contributed by atoms with Gasteiger partial charge >= 0.3 is 0 Å². The minimum absolute atomic E-state index is 0.00667. The zero-order valence-electron chi connectivity index (χ0n) is 19.6. The van der Waals surface area contributed by atoms with Gasteiger partial charge in [0.05, 0.1) is 29.9 Å². The van der Waals surface area contributed by atoms with Gasteiger partial charge in [0.15, 0.2) is 11.6 Å². The van der Waals surface area contributed by atoms with E-state index in [1.807, 2.05) is 36.4 Å². The molecule has 1 saturated carbocycles. The molecule has 1 amide bonds. The van der Waals surface area contributed by atoms with Crippen molar-refractivity contribution in [3.63, 3.8) is 0 Å². The number of benzene rings is 2. The Labute approximate surface area is 205 Å². The molecule has 1 spiro atoms. The number of anilines is 3. The summed E-state index contributed by atoms with van der Waals surface area (Å²) in [7, 11) is 1.61. The van der Waals surface area contributed by atoms with Crippen LogP contribution in [0, 0.1) is 6.92 Å². The van der Waals surface area contributed by atoms with Gasteiger partial charge < -0.3 is 20.1 Å². The second-order valence-corrected chi connectivity index (χ2v) is 9.12. The molecule has 2 atom stereocenters. The molecule has 184 valence electrons. The molecule has 0 unspecified atom stereocenters. The van der Waals surface area contributed by atoms with Crippen LogP contribution < -0.4 is 20.1 Å². The lowest BCUT2D eigenvalue weighted by molar-refractivity contribution is -0.118. The van der Waals surface area contributed by atoms with E-state index in [0.29, 0.717) is 23.6 Å². The molecule has 10 heteroatoms. The Morgan fingerprint density at radius 2 is 2.08 bits per heavy atom. The van der Waals surface area contributed by atoms with Crippen molar-refractivity contribution in [2.24, 2.45) is 0 Å². The number of methoxy groups -OCH3 is 1. The third-order valence-corrected chi connectivity index (χ3v) is 6.93. The van der Waals surface area contributed by atoms with E-state index in [4.69, 9.17) is 9.47 Å². The van der Waals surface area contributed by atoms with Crippen molar-refractivity contribution in [3.05, 3.63) is 65.5 Å². The monoisotopic (exact) mass is 491 g/mol.